The van der Waals surface area contributed by atoms with E-state index in [2.05, 4.69) is 5.10 Å². The average Bonchev–Trinajstić information content (AvgIpc) is 2.62. The van der Waals surface area contributed by atoms with Gasteiger partial charge < -0.3 is 0 Å². The summed E-state index contributed by atoms with van der Waals surface area (Å²) in [6.07, 6.45) is 0. The van der Waals surface area contributed by atoms with Gasteiger partial charge in [0.1, 0.15) is 16.5 Å². The largest absolute Gasteiger partial charge is 0.287 e. The molecule has 140 valence electrons. The molecule has 2 aromatic carbocycles. The molecule has 0 bridgehead atoms. The van der Waals surface area contributed by atoms with Crippen molar-refractivity contribution in [2.45, 2.75) is 4.90 Å². The van der Waals surface area contributed by atoms with Gasteiger partial charge in [-0.2, -0.15) is 5.10 Å². The summed E-state index contributed by atoms with van der Waals surface area (Å²) in [6.45, 7) is 0. The molecular weight excluding hydrogens is 382 g/mol. The first-order chi connectivity index (χ1) is 12.7. The number of carbonyl (C=O) groups is 1. The van der Waals surface area contributed by atoms with Crippen LogP contribution in [0.3, 0.4) is 0 Å². The van der Waals surface area contributed by atoms with Crippen LogP contribution in [0.1, 0.15) is 10.5 Å². The molecule has 0 unspecified atom stereocenters. The fraction of sp³-hybridized carbons (Fsp3) is 0.0625. The first kappa shape index (κ1) is 18.6. The maximum absolute atomic E-state index is 13.7. The summed E-state index contributed by atoms with van der Waals surface area (Å²) in [4.78, 5) is 25.3. The van der Waals surface area contributed by atoms with E-state index in [1.54, 1.807) is 17.0 Å². The Kier molecular flexibility index (Phi) is 4.72. The molecule has 0 radical (unpaired) electrons. The number of sulfonamides is 1. The minimum atomic E-state index is -4.50. The van der Waals surface area contributed by atoms with Gasteiger partial charge in [-0.1, -0.05) is 18.2 Å². The van der Waals surface area contributed by atoms with Crippen molar-refractivity contribution in [3.05, 3.63) is 70.1 Å². The Hall–Kier alpha value is -3.18. The Morgan fingerprint density at radius 1 is 1.11 bits per heavy atom. The normalized spacial score (nSPS) is 11.5. The fourth-order valence-electron chi connectivity index (χ4n) is 2.39. The van der Waals surface area contributed by atoms with Crippen molar-refractivity contribution in [2.75, 3.05) is 0 Å². The van der Waals surface area contributed by atoms with E-state index < -0.39 is 38.0 Å². The topological polar surface area (TPSA) is 110 Å². The van der Waals surface area contributed by atoms with Crippen LogP contribution in [0.25, 0.3) is 10.8 Å². The zero-order valence-corrected chi connectivity index (χ0v) is 14.5. The molecule has 27 heavy (non-hydrogen) atoms. The van der Waals surface area contributed by atoms with Crippen molar-refractivity contribution in [1.29, 1.82) is 0 Å². The molecule has 0 aliphatic carbocycles. The third-order valence-electron chi connectivity index (χ3n) is 3.65. The minimum Gasteiger partial charge on any atom is -0.272 e. The lowest BCUT2D eigenvalue weighted by Gasteiger charge is -2.11. The first-order valence-corrected chi connectivity index (χ1v) is 8.92. The third kappa shape index (κ3) is 3.55. The summed E-state index contributed by atoms with van der Waals surface area (Å²) >= 11 is 0. The molecule has 3 rings (SSSR count). The van der Waals surface area contributed by atoms with Crippen LogP contribution in [-0.4, -0.2) is 24.1 Å². The van der Waals surface area contributed by atoms with E-state index in [0.717, 1.165) is 16.8 Å². The van der Waals surface area contributed by atoms with E-state index >= 15 is 0 Å². The smallest absolute Gasteiger partial charge is 0.272 e. The van der Waals surface area contributed by atoms with E-state index in [1.807, 2.05) is 5.43 Å². The summed E-state index contributed by atoms with van der Waals surface area (Å²) in [5.41, 5.74) is 1.26. The number of rotatable bonds is 4. The summed E-state index contributed by atoms with van der Waals surface area (Å²) in [6, 6.07) is 8.05. The number of hydrogen-bond acceptors (Lipinski definition) is 5. The number of aromatic nitrogens is 2. The summed E-state index contributed by atoms with van der Waals surface area (Å²) in [7, 11) is -3.17. The lowest BCUT2D eigenvalue weighted by Crippen LogP contribution is -2.42. The molecule has 1 heterocycles. The number of aryl methyl sites for hydroxylation is 1. The van der Waals surface area contributed by atoms with Crippen molar-refractivity contribution in [1.82, 2.24) is 20.0 Å². The van der Waals surface area contributed by atoms with Gasteiger partial charge >= 0.3 is 0 Å². The zero-order valence-electron chi connectivity index (χ0n) is 13.7. The van der Waals surface area contributed by atoms with Gasteiger partial charge in [-0.05, 0) is 18.2 Å². The lowest BCUT2D eigenvalue weighted by molar-refractivity contribution is 0.0939. The van der Waals surface area contributed by atoms with Crippen LogP contribution in [0.2, 0.25) is 0 Å². The standard InChI is InChI=1S/C16H12F2N4O4S/c1-22-16(24)11-5-3-2-4-10(11)14(20-22)15(23)19-21-27(25,26)13-7-6-9(17)8-12(13)18/h2-8,21H,1H3,(H,19,23). The van der Waals surface area contributed by atoms with Crippen molar-refractivity contribution in [3.63, 3.8) is 0 Å². The quantitative estimate of drug-likeness (QED) is 0.637. The summed E-state index contributed by atoms with van der Waals surface area (Å²) in [5.74, 6) is -3.23. The molecular formula is C16H12F2N4O4S. The Balaban J connectivity index is 1.92. The Labute approximate surface area is 151 Å². The number of fused-ring (bicyclic) bond motifs is 1. The molecule has 11 heteroatoms. The van der Waals surface area contributed by atoms with Crippen molar-refractivity contribution < 1.29 is 22.0 Å². The highest BCUT2D eigenvalue weighted by atomic mass is 32.2. The second-order valence-electron chi connectivity index (χ2n) is 5.46. The van der Waals surface area contributed by atoms with Crippen LogP contribution >= 0.6 is 0 Å². The van der Waals surface area contributed by atoms with Crippen molar-refractivity contribution in [3.8, 4) is 0 Å². The fourth-order valence-corrected chi connectivity index (χ4v) is 3.29. The highest BCUT2D eigenvalue weighted by molar-refractivity contribution is 7.89. The predicted octanol–water partition coefficient (Wildman–Crippen LogP) is 0.835. The van der Waals surface area contributed by atoms with Crippen LogP contribution < -0.4 is 15.8 Å². The van der Waals surface area contributed by atoms with Gasteiger partial charge in [-0.3, -0.25) is 15.0 Å². The number of nitrogens with zero attached hydrogens (tertiary/aromatic N) is 2. The molecule has 8 nitrogen and oxygen atoms in total. The molecule has 0 saturated heterocycles. The van der Waals surface area contributed by atoms with E-state index in [-0.39, 0.29) is 16.5 Å². The predicted molar refractivity (Wildman–Crippen MR) is 91.1 cm³/mol. The van der Waals surface area contributed by atoms with Crippen molar-refractivity contribution in [2.24, 2.45) is 7.05 Å². The highest BCUT2D eigenvalue weighted by Crippen LogP contribution is 2.15. The number of hydrogen-bond donors (Lipinski definition) is 2. The van der Waals surface area contributed by atoms with E-state index in [4.69, 9.17) is 0 Å². The van der Waals surface area contributed by atoms with Gasteiger partial charge in [0.05, 0.1) is 5.39 Å². The third-order valence-corrected chi connectivity index (χ3v) is 4.93. The second kappa shape index (κ2) is 6.85. The van der Waals surface area contributed by atoms with Crippen LogP contribution in [-0.2, 0) is 17.1 Å². The number of amides is 1. The lowest BCUT2D eigenvalue weighted by atomic mass is 10.1. The molecule has 2 N–H and O–H groups in total. The molecule has 1 amide bonds. The molecule has 0 aliphatic heterocycles. The SMILES string of the molecule is Cn1nc(C(=O)NNS(=O)(=O)c2ccc(F)cc2F)c2ccccc2c1=O. The number of nitrogens with one attached hydrogen (secondary N) is 2. The average molecular weight is 394 g/mol. The maximum Gasteiger partial charge on any atom is 0.287 e. The van der Waals surface area contributed by atoms with Gasteiger partial charge in [0.25, 0.3) is 21.5 Å². The van der Waals surface area contributed by atoms with E-state index in [0.29, 0.717) is 6.07 Å². The van der Waals surface area contributed by atoms with E-state index in [1.165, 1.54) is 19.2 Å². The summed E-state index contributed by atoms with van der Waals surface area (Å²) < 4.78 is 51.8. The number of hydrazine groups is 1. The molecule has 0 atom stereocenters. The highest BCUT2D eigenvalue weighted by Gasteiger charge is 2.22. The molecule has 3 aromatic rings. The molecule has 0 saturated carbocycles. The Morgan fingerprint density at radius 3 is 2.44 bits per heavy atom. The number of carbonyl (C=O) groups excluding carboxylic acids is 1. The summed E-state index contributed by atoms with van der Waals surface area (Å²) in [5, 5.41) is 4.27. The van der Waals surface area contributed by atoms with Gasteiger partial charge in [-0.15, -0.1) is 4.83 Å². The van der Waals surface area contributed by atoms with Crippen LogP contribution in [0, 0.1) is 11.6 Å². The molecule has 1 aromatic heterocycles. The van der Waals surface area contributed by atoms with Gasteiger partial charge in [0.15, 0.2) is 5.69 Å². The van der Waals surface area contributed by atoms with Crippen LogP contribution in [0.5, 0.6) is 0 Å². The molecule has 0 fully saturated rings. The Bertz CT molecular complexity index is 1220. The minimum absolute atomic E-state index is 0.213. The van der Waals surface area contributed by atoms with Crippen molar-refractivity contribution >= 4 is 26.7 Å². The van der Waals surface area contributed by atoms with Gasteiger partial charge in [0.2, 0.25) is 0 Å². The van der Waals surface area contributed by atoms with Gasteiger partial charge in [0, 0.05) is 18.5 Å². The van der Waals surface area contributed by atoms with Crippen LogP contribution in [0.4, 0.5) is 8.78 Å². The van der Waals surface area contributed by atoms with Crippen LogP contribution in [0.15, 0.2) is 52.2 Å². The Morgan fingerprint density at radius 2 is 1.78 bits per heavy atom. The number of halogens is 2. The maximum atomic E-state index is 13.7. The van der Waals surface area contributed by atoms with E-state index in [9.17, 15) is 26.8 Å². The number of benzene rings is 2. The first-order valence-electron chi connectivity index (χ1n) is 7.44. The van der Waals surface area contributed by atoms with Gasteiger partial charge in [-0.25, -0.2) is 21.9 Å². The second-order valence-corrected chi connectivity index (χ2v) is 7.11. The monoisotopic (exact) mass is 394 g/mol. The molecule has 0 aliphatic rings. The molecule has 0 spiro atoms. The zero-order chi connectivity index (χ0) is 19.8.